The van der Waals surface area contributed by atoms with Gasteiger partial charge in [-0.1, -0.05) is 72.8 Å². The summed E-state index contributed by atoms with van der Waals surface area (Å²) < 4.78 is 7.72. The molecule has 0 amide bonds. The summed E-state index contributed by atoms with van der Waals surface area (Å²) in [5, 5.41) is 17.8. The molecule has 0 bridgehead atoms. The van der Waals surface area contributed by atoms with Crippen LogP contribution < -0.4 is 0 Å². The van der Waals surface area contributed by atoms with Gasteiger partial charge < -0.3 is 0 Å². The number of nitrogens with zero attached hydrogens (tertiary/aromatic N) is 2. The minimum absolute atomic E-state index is 0.145. The van der Waals surface area contributed by atoms with E-state index in [1.54, 1.807) is 0 Å². The molecule has 0 spiro atoms. The zero-order chi connectivity index (χ0) is 51.7. The third kappa shape index (κ3) is 6.58. The molecule has 3 heteroatoms. The molecule has 0 unspecified atom stereocenters. The largest absolute Gasteiger partial charge is 0.0602 e. The van der Waals surface area contributed by atoms with Gasteiger partial charge in [-0.2, -0.15) is 0 Å². The van der Waals surface area contributed by atoms with Gasteiger partial charge in [0.15, 0.2) is 0 Å². The molecule has 0 saturated heterocycles. The predicted octanol–water partition coefficient (Wildman–Crippen LogP) is 20.5. The zero-order valence-corrected chi connectivity index (χ0v) is 44.6. The Labute approximate surface area is 461 Å². The Morgan fingerprint density at radius 1 is 0.215 bits per heavy atom. The molecule has 17 rings (SSSR count). The molecule has 0 aliphatic carbocycles. The van der Waals surface area contributed by atoms with Crippen LogP contribution in [0.15, 0.2) is 279 Å². The number of rotatable bonds is 6. The molecule has 0 N–H and O–H groups in total. The number of hydrogen-bond donors (Lipinski definition) is 0. The van der Waals surface area contributed by atoms with Gasteiger partial charge >= 0.3 is 339 Å². The number of aromatic nitrogens is 2. The van der Waals surface area contributed by atoms with Crippen LogP contribution in [0.2, 0.25) is 0 Å². The monoisotopic (exact) mass is 1070 g/mol. The van der Waals surface area contributed by atoms with Crippen molar-refractivity contribution in [1.29, 1.82) is 0 Å². The first kappa shape index (κ1) is 44.4. The summed E-state index contributed by atoms with van der Waals surface area (Å²) in [5.41, 5.74) is 17.2. The molecule has 0 aliphatic heterocycles. The first-order chi connectivity index (χ1) is 39.2. The molecule has 366 valence electrons. The Balaban J connectivity index is 0.877. The van der Waals surface area contributed by atoms with Crippen LogP contribution in [0, 0.1) is 0 Å². The summed E-state index contributed by atoms with van der Waals surface area (Å²) in [6.45, 7) is 0. The van der Waals surface area contributed by atoms with Gasteiger partial charge in [0, 0.05) is 11.1 Å². The van der Waals surface area contributed by atoms with E-state index in [1.807, 2.05) is 0 Å². The summed E-state index contributed by atoms with van der Waals surface area (Å²) in [4.78, 5) is 0. The van der Waals surface area contributed by atoms with Crippen molar-refractivity contribution in [3.63, 3.8) is 0 Å². The quantitative estimate of drug-likeness (QED) is 0.116. The van der Waals surface area contributed by atoms with Gasteiger partial charge in [-0.3, -0.25) is 0 Å². The second-order valence-electron chi connectivity index (χ2n) is 21.0. The number of hydrogen-bond acceptors (Lipinski definition) is 0. The van der Waals surface area contributed by atoms with Gasteiger partial charge in [-0.25, -0.2) is 0 Å². The van der Waals surface area contributed by atoms with E-state index in [2.05, 4.69) is 288 Å². The van der Waals surface area contributed by atoms with Crippen molar-refractivity contribution < 1.29 is 0 Å². The first-order valence-corrected chi connectivity index (χ1v) is 29.0. The minimum atomic E-state index is 0.145. The van der Waals surface area contributed by atoms with Crippen molar-refractivity contribution in [2.75, 3.05) is 0 Å². The maximum Gasteiger partial charge on any atom is -0.0380 e. The fraction of sp³-hybridized carbons (Fsp3) is 0. The van der Waals surface area contributed by atoms with Crippen molar-refractivity contribution >= 4 is 120 Å². The molecule has 2 nitrogen and oxygen atoms in total. The van der Waals surface area contributed by atoms with Crippen LogP contribution in [0.25, 0.3) is 162 Å². The molecule has 79 heavy (non-hydrogen) atoms. The van der Waals surface area contributed by atoms with Crippen LogP contribution in [0.1, 0.15) is 0 Å². The van der Waals surface area contributed by atoms with E-state index in [1.165, 1.54) is 151 Å². The number of fused-ring (bicyclic) bond motifs is 13. The molecule has 3 aromatic heterocycles. The summed E-state index contributed by atoms with van der Waals surface area (Å²) in [5.74, 6) is 0. The molecular weight excluding hydrogens is 1020 g/mol. The van der Waals surface area contributed by atoms with Gasteiger partial charge in [0.25, 0.3) is 0 Å². The zero-order valence-electron chi connectivity index (χ0n) is 42.9. The second kappa shape index (κ2) is 17.4. The van der Waals surface area contributed by atoms with Crippen molar-refractivity contribution in [1.82, 2.24) is 9.13 Å². The predicted molar refractivity (Wildman–Crippen MR) is 339 cm³/mol. The molecule has 0 radical (unpaired) electrons. The molecule has 17 aromatic rings. The Kier molecular flexibility index (Phi) is 9.76. The minimum Gasteiger partial charge on any atom is -0.0602 e. The summed E-state index contributed by atoms with van der Waals surface area (Å²) in [6.07, 6.45) is 0. The van der Waals surface area contributed by atoms with E-state index in [0.717, 1.165) is 11.4 Å². The van der Waals surface area contributed by atoms with Gasteiger partial charge in [-0.15, -0.1) is 0 Å². The average Bonchev–Trinajstić information content (AvgIpc) is 4.37. The van der Waals surface area contributed by atoms with Crippen LogP contribution in [0.5, 0.6) is 0 Å². The third-order valence-corrected chi connectivity index (χ3v) is 19.3. The van der Waals surface area contributed by atoms with E-state index in [4.69, 9.17) is 0 Å². The Bertz CT molecular complexity index is 5250. The van der Waals surface area contributed by atoms with Crippen LogP contribution >= 0.6 is 0 Å². The molecule has 3 heterocycles. The normalized spacial score (nSPS) is 12.1. The summed E-state index contributed by atoms with van der Waals surface area (Å²) in [6, 6.07) is 104. The van der Waals surface area contributed by atoms with E-state index in [-0.39, 0.29) is 14.5 Å². The maximum atomic E-state index is 2.53. The van der Waals surface area contributed by atoms with Crippen molar-refractivity contribution in [2.24, 2.45) is 0 Å². The topological polar surface area (TPSA) is 9.86 Å². The van der Waals surface area contributed by atoms with Gasteiger partial charge in [0.05, 0.1) is 5.52 Å². The fourth-order valence-corrected chi connectivity index (χ4v) is 16.0. The van der Waals surface area contributed by atoms with E-state index in [9.17, 15) is 0 Å². The van der Waals surface area contributed by atoms with Gasteiger partial charge in [0.2, 0.25) is 0 Å². The van der Waals surface area contributed by atoms with Crippen molar-refractivity contribution in [2.45, 2.75) is 0 Å². The third-order valence-electron chi connectivity index (χ3n) is 16.9. The fourth-order valence-electron chi connectivity index (χ4n) is 13.6. The molecular formula is C76H46N2Se. The second-order valence-corrected chi connectivity index (χ2v) is 23.3. The molecule has 0 aliphatic rings. The van der Waals surface area contributed by atoms with E-state index in [0.29, 0.717) is 0 Å². The molecule has 14 aromatic carbocycles. The average molecular weight is 1070 g/mol. The van der Waals surface area contributed by atoms with Crippen LogP contribution in [0.3, 0.4) is 0 Å². The standard InChI is InChI=1S/C76H46N2Se/c1-3-20-50(21-4-1)77-66-35-17-15-24-52(66)54-41-38-48(45-68(54)77)73-58-28-9-7-26-56(58)72(57-27-8-10-29-59(57)73)47-40-43-70-65(44-47)76-64(34-19-37-71(76)79-70)75-62-32-13-11-30-60(62)74(61-31-12-14-33-63(61)75)49-39-42-55-53-25-16-18-36-67(53)78(69(55)46-49)51-22-5-2-6-23-51/h1-46H. The molecule has 0 fully saturated rings. The summed E-state index contributed by atoms with van der Waals surface area (Å²) in [7, 11) is 0. The van der Waals surface area contributed by atoms with E-state index < -0.39 is 0 Å². The van der Waals surface area contributed by atoms with Gasteiger partial charge in [-0.05, 0) is 36.4 Å². The van der Waals surface area contributed by atoms with Crippen molar-refractivity contribution in [3.8, 4) is 55.9 Å². The first-order valence-electron chi connectivity index (χ1n) is 27.2. The summed E-state index contributed by atoms with van der Waals surface area (Å²) >= 11 is 0.145. The van der Waals surface area contributed by atoms with Gasteiger partial charge in [0.1, 0.15) is 0 Å². The SMILES string of the molecule is c1ccc(-n2c3ccccc3c3ccc(-c4c5ccccc5c(-c5ccc6[se]c7cccc(-c8c9ccccc9c(-c9ccc%10c%11ccccc%11n(-c%11ccccc%11)c%10c9)c9ccccc89)c7c6c5)c5ccccc45)cc32)cc1. The van der Waals surface area contributed by atoms with Crippen LogP contribution in [-0.2, 0) is 0 Å². The Hall–Kier alpha value is -9.76. The number of benzene rings is 14. The van der Waals surface area contributed by atoms with Crippen molar-refractivity contribution in [3.05, 3.63) is 279 Å². The Morgan fingerprint density at radius 3 is 1.01 bits per heavy atom. The molecule has 0 saturated carbocycles. The van der Waals surface area contributed by atoms with Crippen LogP contribution in [-0.4, -0.2) is 23.6 Å². The number of para-hydroxylation sites is 4. The molecule has 0 atom stereocenters. The van der Waals surface area contributed by atoms with E-state index >= 15 is 0 Å². The Morgan fingerprint density at radius 2 is 0.570 bits per heavy atom. The smallest absolute Gasteiger partial charge is 0.0380 e. The maximum absolute atomic E-state index is 2.53. The van der Waals surface area contributed by atoms with Crippen LogP contribution in [0.4, 0.5) is 0 Å².